The fourth-order valence-electron chi connectivity index (χ4n) is 4.43. The Hall–Kier alpha value is -3.59. The van der Waals surface area contributed by atoms with Crippen LogP contribution in [0, 0.1) is 0 Å². The molecule has 1 N–H and O–H groups in total. The fourth-order valence-corrected chi connectivity index (χ4v) is 4.43. The van der Waals surface area contributed by atoms with E-state index in [1.165, 1.54) is 11.1 Å². The van der Waals surface area contributed by atoms with Crippen molar-refractivity contribution in [3.8, 4) is 5.75 Å². The summed E-state index contributed by atoms with van der Waals surface area (Å²) in [5.41, 5.74) is 3.28. The fraction of sp³-hybridized carbons (Fsp3) is 0.207. The van der Waals surface area contributed by atoms with E-state index >= 15 is 0 Å². The minimum atomic E-state index is -0.456. The molecule has 0 radical (unpaired) electrons. The summed E-state index contributed by atoms with van der Waals surface area (Å²) in [6.45, 7) is 2.01. The topological polar surface area (TPSA) is 50.4 Å². The highest BCUT2D eigenvalue weighted by Gasteiger charge is 2.23. The molecule has 0 spiro atoms. The van der Waals surface area contributed by atoms with Crippen molar-refractivity contribution in [1.29, 1.82) is 0 Å². The average molecular weight is 425 g/mol. The van der Waals surface area contributed by atoms with Gasteiger partial charge in [0.1, 0.15) is 11.5 Å². The minimum Gasteiger partial charge on any atom is -0.507 e. The second-order valence-corrected chi connectivity index (χ2v) is 8.17. The van der Waals surface area contributed by atoms with Crippen molar-refractivity contribution in [2.75, 3.05) is 0 Å². The first-order chi connectivity index (χ1) is 15.7. The Bertz CT molecular complexity index is 1180. The van der Waals surface area contributed by atoms with E-state index in [1.54, 1.807) is 6.07 Å². The third-order valence-electron chi connectivity index (χ3n) is 6.02. The van der Waals surface area contributed by atoms with Crippen molar-refractivity contribution in [3.05, 3.63) is 135 Å². The molecule has 0 fully saturated rings. The quantitative estimate of drug-likeness (QED) is 0.353. The second-order valence-electron chi connectivity index (χ2n) is 8.17. The van der Waals surface area contributed by atoms with E-state index in [1.807, 2.05) is 73.7 Å². The number of hydrogen-bond donors (Lipinski definition) is 1. The lowest BCUT2D eigenvalue weighted by Crippen LogP contribution is -2.16. The van der Waals surface area contributed by atoms with E-state index in [0.717, 1.165) is 12.0 Å². The van der Waals surface area contributed by atoms with Gasteiger partial charge in [-0.05, 0) is 35.4 Å². The Morgan fingerprint density at radius 3 is 1.91 bits per heavy atom. The van der Waals surface area contributed by atoms with Crippen LogP contribution in [0.25, 0.3) is 0 Å². The maximum atomic E-state index is 13.0. The summed E-state index contributed by atoms with van der Waals surface area (Å²) in [4.78, 5) is 13.0. The molecule has 0 amide bonds. The molecule has 0 aliphatic heterocycles. The smallest absolute Gasteiger partial charge is 0.343 e. The van der Waals surface area contributed by atoms with Crippen LogP contribution in [0.3, 0.4) is 0 Å². The van der Waals surface area contributed by atoms with E-state index in [-0.39, 0.29) is 17.6 Å². The lowest BCUT2D eigenvalue weighted by molar-refractivity contribution is 0.398. The number of aromatic hydroxyl groups is 1. The van der Waals surface area contributed by atoms with Crippen LogP contribution in [0.1, 0.15) is 53.2 Å². The molecule has 2 unspecified atom stereocenters. The van der Waals surface area contributed by atoms with Gasteiger partial charge >= 0.3 is 5.63 Å². The predicted molar refractivity (Wildman–Crippen MR) is 128 cm³/mol. The van der Waals surface area contributed by atoms with Gasteiger partial charge < -0.3 is 9.52 Å². The Balaban J connectivity index is 1.66. The van der Waals surface area contributed by atoms with Crippen LogP contribution < -0.4 is 5.63 Å². The van der Waals surface area contributed by atoms with Gasteiger partial charge in [-0.3, -0.25) is 0 Å². The highest BCUT2D eigenvalue weighted by molar-refractivity contribution is 5.40. The van der Waals surface area contributed by atoms with Gasteiger partial charge in [-0.25, -0.2) is 4.79 Å². The first kappa shape index (κ1) is 21.6. The van der Waals surface area contributed by atoms with Gasteiger partial charge in [0.15, 0.2) is 0 Å². The molecule has 0 bridgehead atoms. The van der Waals surface area contributed by atoms with Crippen molar-refractivity contribution >= 4 is 0 Å². The van der Waals surface area contributed by atoms with Crippen molar-refractivity contribution in [2.24, 2.45) is 0 Å². The molecular formula is C29H28O3. The Morgan fingerprint density at radius 1 is 0.781 bits per heavy atom. The van der Waals surface area contributed by atoms with Crippen molar-refractivity contribution < 1.29 is 9.52 Å². The Labute approximate surface area is 189 Å². The van der Waals surface area contributed by atoms with Gasteiger partial charge in [0.25, 0.3) is 0 Å². The largest absolute Gasteiger partial charge is 0.507 e. The van der Waals surface area contributed by atoms with E-state index in [9.17, 15) is 9.90 Å². The zero-order chi connectivity index (χ0) is 22.3. The standard InChI is InChI=1S/C29H28O3/c1-2-26(23-16-10-5-11-17-23)28-27(30)20-25(32-29(28)31)19-24(22-14-8-4-9-15-22)18-21-12-6-3-7-13-21/h3-17,20,24,26,30H,2,18-19H2,1H3. The number of rotatable bonds is 8. The lowest BCUT2D eigenvalue weighted by atomic mass is 9.87. The van der Waals surface area contributed by atoms with Gasteiger partial charge in [-0.15, -0.1) is 0 Å². The molecule has 4 aromatic rings. The van der Waals surface area contributed by atoms with Gasteiger partial charge in [0.05, 0.1) is 5.56 Å². The highest BCUT2D eigenvalue weighted by atomic mass is 16.4. The monoisotopic (exact) mass is 424 g/mol. The zero-order valence-corrected chi connectivity index (χ0v) is 18.3. The molecule has 0 saturated heterocycles. The molecule has 162 valence electrons. The molecule has 0 aliphatic rings. The maximum Gasteiger partial charge on any atom is 0.343 e. The molecule has 3 nitrogen and oxygen atoms in total. The van der Waals surface area contributed by atoms with Gasteiger partial charge in [0, 0.05) is 18.4 Å². The SMILES string of the molecule is CCC(c1ccccc1)c1c(O)cc(CC(Cc2ccccc2)c2ccccc2)oc1=O. The summed E-state index contributed by atoms with van der Waals surface area (Å²) in [5, 5.41) is 10.8. The average Bonchev–Trinajstić information content (AvgIpc) is 2.83. The molecule has 32 heavy (non-hydrogen) atoms. The summed E-state index contributed by atoms with van der Waals surface area (Å²) >= 11 is 0. The molecular weight excluding hydrogens is 396 g/mol. The third kappa shape index (κ3) is 5.00. The normalized spacial score (nSPS) is 12.9. The Morgan fingerprint density at radius 2 is 1.34 bits per heavy atom. The Kier molecular flexibility index (Phi) is 6.86. The van der Waals surface area contributed by atoms with E-state index < -0.39 is 5.63 Å². The maximum absolute atomic E-state index is 13.0. The van der Waals surface area contributed by atoms with E-state index in [4.69, 9.17) is 4.42 Å². The van der Waals surface area contributed by atoms with Crippen molar-refractivity contribution in [3.63, 3.8) is 0 Å². The van der Waals surface area contributed by atoms with Gasteiger partial charge in [-0.1, -0.05) is 97.9 Å². The van der Waals surface area contributed by atoms with Crippen LogP contribution in [0.4, 0.5) is 0 Å². The molecule has 1 heterocycles. The molecule has 4 rings (SSSR count). The summed E-state index contributed by atoms with van der Waals surface area (Å²) in [7, 11) is 0. The predicted octanol–water partition coefficient (Wildman–Crippen LogP) is 6.46. The third-order valence-corrected chi connectivity index (χ3v) is 6.02. The summed E-state index contributed by atoms with van der Waals surface area (Å²) in [6, 6.07) is 32.0. The molecule has 1 aromatic heterocycles. The van der Waals surface area contributed by atoms with Crippen LogP contribution in [-0.2, 0) is 12.8 Å². The first-order valence-corrected chi connectivity index (χ1v) is 11.2. The lowest BCUT2D eigenvalue weighted by Gasteiger charge is -2.19. The number of hydrogen-bond acceptors (Lipinski definition) is 3. The van der Waals surface area contributed by atoms with Crippen LogP contribution >= 0.6 is 0 Å². The highest BCUT2D eigenvalue weighted by Crippen LogP contribution is 2.33. The molecule has 0 aliphatic carbocycles. The molecule has 0 saturated carbocycles. The summed E-state index contributed by atoms with van der Waals surface area (Å²) < 4.78 is 5.77. The van der Waals surface area contributed by atoms with Crippen molar-refractivity contribution in [1.82, 2.24) is 0 Å². The summed E-state index contributed by atoms with van der Waals surface area (Å²) in [6.07, 6.45) is 2.05. The number of benzene rings is 3. The van der Waals surface area contributed by atoms with Crippen LogP contribution in [0.2, 0.25) is 0 Å². The van der Waals surface area contributed by atoms with Crippen LogP contribution in [0.5, 0.6) is 5.75 Å². The van der Waals surface area contributed by atoms with Crippen LogP contribution in [-0.4, -0.2) is 5.11 Å². The second kappa shape index (κ2) is 10.1. The van der Waals surface area contributed by atoms with Gasteiger partial charge in [0.2, 0.25) is 0 Å². The molecule has 3 aromatic carbocycles. The van der Waals surface area contributed by atoms with E-state index in [0.29, 0.717) is 24.2 Å². The van der Waals surface area contributed by atoms with Crippen molar-refractivity contribution in [2.45, 2.75) is 38.0 Å². The first-order valence-electron chi connectivity index (χ1n) is 11.2. The van der Waals surface area contributed by atoms with Gasteiger partial charge in [-0.2, -0.15) is 0 Å². The van der Waals surface area contributed by atoms with E-state index in [2.05, 4.69) is 24.3 Å². The molecule has 3 heteroatoms. The zero-order valence-electron chi connectivity index (χ0n) is 18.3. The summed E-state index contributed by atoms with van der Waals surface area (Å²) in [5.74, 6) is 0.446. The minimum absolute atomic E-state index is 0.0125. The van der Waals surface area contributed by atoms with Crippen LogP contribution in [0.15, 0.2) is 106 Å². The molecule has 2 atom stereocenters.